The summed E-state index contributed by atoms with van der Waals surface area (Å²) < 4.78 is 0. The maximum absolute atomic E-state index is 6.04. The van der Waals surface area contributed by atoms with Crippen LogP contribution in [0.15, 0.2) is 18.2 Å². The summed E-state index contributed by atoms with van der Waals surface area (Å²) in [7, 11) is 0. The van der Waals surface area contributed by atoms with Gasteiger partial charge in [-0.3, -0.25) is 0 Å². The van der Waals surface area contributed by atoms with Crippen LogP contribution in [-0.2, 0) is 12.0 Å². The van der Waals surface area contributed by atoms with E-state index in [1.54, 1.807) is 0 Å². The molecule has 0 atom stereocenters. The number of hydrogen-bond acceptors (Lipinski definition) is 1. The van der Waals surface area contributed by atoms with Crippen LogP contribution in [0.2, 0.25) is 5.02 Å². The van der Waals surface area contributed by atoms with Gasteiger partial charge in [0.2, 0.25) is 0 Å². The highest BCUT2D eigenvalue weighted by atomic mass is 35.5. The Kier molecular flexibility index (Phi) is 2.99. The zero-order chi connectivity index (χ0) is 10.1. The Morgan fingerprint density at radius 2 is 2.00 bits per heavy atom. The second-order valence-corrected chi connectivity index (χ2v) is 4.31. The molecule has 0 aliphatic rings. The lowest BCUT2D eigenvalue weighted by atomic mass is 9.90. The van der Waals surface area contributed by atoms with Crippen LogP contribution in [-0.4, -0.2) is 0 Å². The van der Waals surface area contributed by atoms with Crippen molar-refractivity contribution in [3.63, 3.8) is 0 Å². The molecule has 0 aromatic heterocycles. The van der Waals surface area contributed by atoms with Gasteiger partial charge in [-0.15, -0.1) is 0 Å². The van der Waals surface area contributed by atoms with E-state index in [2.05, 4.69) is 6.92 Å². The van der Waals surface area contributed by atoms with E-state index in [1.165, 1.54) is 11.1 Å². The van der Waals surface area contributed by atoms with Gasteiger partial charge in [-0.2, -0.15) is 0 Å². The molecule has 0 saturated carbocycles. The Bertz CT molecular complexity index is 299. The second-order valence-electron chi connectivity index (χ2n) is 3.88. The predicted octanol–water partition coefficient (Wildman–Crippen LogP) is 3.10. The molecule has 0 bridgehead atoms. The molecule has 0 amide bonds. The van der Waals surface area contributed by atoms with E-state index in [1.807, 2.05) is 32.0 Å². The highest BCUT2D eigenvalue weighted by Crippen LogP contribution is 2.24. The lowest BCUT2D eigenvalue weighted by molar-refractivity contribution is 0.548. The molecule has 0 heterocycles. The lowest BCUT2D eigenvalue weighted by Crippen LogP contribution is -2.29. The van der Waals surface area contributed by atoms with Gasteiger partial charge in [0, 0.05) is 10.6 Å². The van der Waals surface area contributed by atoms with Gasteiger partial charge in [0.1, 0.15) is 0 Å². The molecule has 0 unspecified atom stereocenters. The highest BCUT2D eigenvalue weighted by molar-refractivity contribution is 6.30. The molecule has 0 radical (unpaired) electrons. The average Bonchev–Trinajstić information content (AvgIpc) is 2.01. The third-order valence-electron chi connectivity index (χ3n) is 2.14. The Labute approximate surface area is 84.9 Å². The van der Waals surface area contributed by atoms with E-state index in [9.17, 15) is 0 Å². The molecule has 2 heteroatoms. The number of halogens is 1. The van der Waals surface area contributed by atoms with Crippen LogP contribution in [0.5, 0.6) is 0 Å². The van der Waals surface area contributed by atoms with Gasteiger partial charge in [-0.1, -0.05) is 24.6 Å². The molecule has 0 fully saturated rings. The molecule has 1 aromatic carbocycles. The molecule has 13 heavy (non-hydrogen) atoms. The molecule has 1 nitrogen and oxygen atoms in total. The van der Waals surface area contributed by atoms with Gasteiger partial charge in [0.15, 0.2) is 0 Å². The third kappa shape index (κ3) is 2.45. The zero-order valence-corrected chi connectivity index (χ0v) is 9.15. The maximum atomic E-state index is 6.04. The van der Waals surface area contributed by atoms with Crippen LogP contribution in [0.25, 0.3) is 0 Å². The highest BCUT2D eigenvalue weighted by Gasteiger charge is 2.17. The van der Waals surface area contributed by atoms with Crippen molar-refractivity contribution >= 4 is 11.6 Å². The number of rotatable bonds is 2. The smallest absolute Gasteiger partial charge is 0.0408 e. The lowest BCUT2D eigenvalue weighted by Gasteiger charge is -2.22. The van der Waals surface area contributed by atoms with Crippen LogP contribution in [0.3, 0.4) is 0 Å². The standard InChI is InChI=1S/C11H16ClN/c1-4-8-7-9(12)5-6-10(8)11(2,3)13/h5-7H,4,13H2,1-3H3. The molecule has 72 valence electrons. The van der Waals surface area contributed by atoms with E-state index in [4.69, 9.17) is 17.3 Å². The Balaban J connectivity index is 3.22. The first-order chi connectivity index (χ1) is 5.95. The minimum Gasteiger partial charge on any atom is -0.322 e. The van der Waals surface area contributed by atoms with Gasteiger partial charge in [0.25, 0.3) is 0 Å². The number of nitrogens with two attached hydrogens (primary N) is 1. The van der Waals surface area contributed by atoms with Crippen LogP contribution >= 0.6 is 11.6 Å². The Morgan fingerprint density at radius 3 is 2.46 bits per heavy atom. The first-order valence-corrected chi connectivity index (χ1v) is 4.90. The number of hydrogen-bond donors (Lipinski definition) is 1. The van der Waals surface area contributed by atoms with E-state index >= 15 is 0 Å². The minimum absolute atomic E-state index is 0.282. The van der Waals surface area contributed by atoms with Gasteiger partial charge in [0.05, 0.1) is 0 Å². The van der Waals surface area contributed by atoms with Gasteiger partial charge in [-0.05, 0) is 43.5 Å². The fourth-order valence-electron chi connectivity index (χ4n) is 1.48. The van der Waals surface area contributed by atoms with Gasteiger partial charge < -0.3 is 5.73 Å². The molecule has 1 rings (SSSR count). The first kappa shape index (κ1) is 10.6. The third-order valence-corrected chi connectivity index (χ3v) is 2.38. The normalized spacial score (nSPS) is 11.8. The van der Waals surface area contributed by atoms with E-state index < -0.39 is 0 Å². The van der Waals surface area contributed by atoms with Gasteiger partial charge in [-0.25, -0.2) is 0 Å². The quantitative estimate of drug-likeness (QED) is 0.775. The Hall–Kier alpha value is -0.530. The second kappa shape index (κ2) is 3.69. The molecule has 2 N–H and O–H groups in total. The first-order valence-electron chi connectivity index (χ1n) is 4.53. The number of aryl methyl sites for hydroxylation is 1. The van der Waals surface area contributed by atoms with Gasteiger partial charge >= 0.3 is 0 Å². The molecular weight excluding hydrogens is 182 g/mol. The van der Waals surface area contributed by atoms with E-state index in [0.717, 1.165) is 11.4 Å². The summed E-state index contributed by atoms with van der Waals surface area (Å²) in [5.74, 6) is 0. The summed E-state index contributed by atoms with van der Waals surface area (Å²) >= 11 is 5.90. The van der Waals surface area contributed by atoms with Crippen LogP contribution < -0.4 is 5.73 Å². The molecule has 1 aromatic rings. The van der Waals surface area contributed by atoms with Crippen molar-refractivity contribution in [1.82, 2.24) is 0 Å². The summed E-state index contributed by atoms with van der Waals surface area (Å²) in [6, 6.07) is 5.90. The molecule has 0 saturated heterocycles. The van der Waals surface area contributed by atoms with E-state index in [0.29, 0.717) is 0 Å². The predicted molar refractivity (Wildman–Crippen MR) is 58.0 cm³/mol. The topological polar surface area (TPSA) is 26.0 Å². The van der Waals surface area contributed by atoms with Crippen molar-refractivity contribution in [2.45, 2.75) is 32.7 Å². The monoisotopic (exact) mass is 197 g/mol. The summed E-state index contributed by atoms with van der Waals surface area (Å²) in [5.41, 5.74) is 8.17. The van der Waals surface area contributed by atoms with Crippen LogP contribution in [0, 0.1) is 0 Å². The summed E-state index contributed by atoms with van der Waals surface area (Å²) in [6.45, 7) is 6.13. The number of benzene rings is 1. The maximum Gasteiger partial charge on any atom is 0.0408 e. The minimum atomic E-state index is -0.282. The average molecular weight is 198 g/mol. The Morgan fingerprint density at radius 1 is 1.38 bits per heavy atom. The molecular formula is C11H16ClN. The fraction of sp³-hybridized carbons (Fsp3) is 0.455. The molecule has 0 aliphatic heterocycles. The van der Waals surface area contributed by atoms with Crippen molar-refractivity contribution in [2.75, 3.05) is 0 Å². The molecule has 0 aliphatic carbocycles. The van der Waals surface area contributed by atoms with Crippen molar-refractivity contribution in [2.24, 2.45) is 5.73 Å². The SMILES string of the molecule is CCc1cc(Cl)ccc1C(C)(C)N. The summed E-state index contributed by atoms with van der Waals surface area (Å²) in [5, 5.41) is 0.782. The fourth-order valence-corrected chi connectivity index (χ4v) is 1.68. The van der Waals surface area contributed by atoms with E-state index in [-0.39, 0.29) is 5.54 Å². The van der Waals surface area contributed by atoms with Crippen molar-refractivity contribution < 1.29 is 0 Å². The zero-order valence-electron chi connectivity index (χ0n) is 8.39. The largest absolute Gasteiger partial charge is 0.322 e. The van der Waals surface area contributed by atoms with Crippen molar-refractivity contribution in [3.05, 3.63) is 34.3 Å². The summed E-state index contributed by atoms with van der Waals surface area (Å²) in [4.78, 5) is 0. The van der Waals surface area contributed by atoms with Crippen LogP contribution in [0.1, 0.15) is 31.9 Å². The van der Waals surface area contributed by atoms with Crippen molar-refractivity contribution in [3.8, 4) is 0 Å². The summed E-state index contributed by atoms with van der Waals surface area (Å²) in [6.07, 6.45) is 0.969. The van der Waals surface area contributed by atoms with Crippen molar-refractivity contribution in [1.29, 1.82) is 0 Å². The van der Waals surface area contributed by atoms with Crippen LogP contribution in [0.4, 0.5) is 0 Å². The molecule has 0 spiro atoms.